The van der Waals surface area contributed by atoms with Gasteiger partial charge in [-0.25, -0.2) is 0 Å². The maximum absolute atomic E-state index is 14.0. The fourth-order valence-electron chi connectivity index (χ4n) is 5.28. The maximum atomic E-state index is 14.0. The van der Waals surface area contributed by atoms with E-state index in [-0.39, 0.29) is 30.0 Å². The summed E-state index contributed by atoms with van der Waals surface area (Å²) in [5, 5.41) is 5.47. The minimum Gasteiger partial charge on any atom is -0.457 e. The highest BCUT2D eigenvalue weighted by molar-refractivity contribution is 6.04. The van der Waals surface area contributed by atoms with Crippen molar-refractivity contribution < 1.29 is 37.3 Å². The molecule has 2 amide bonds. The van der Waals surface area contributed by atoms with E-state index in [4.69, 9.17) is 4.74 Å². The monoisotopic (exact) mass is 554 g/mol. The predicted molar refractivity (Wildman–Crippen MR) is 145 cm³/mol. The zero-order valence-electron chi connectivity index (χ0n) is 22.5. The van der Waals surface area contributed by atoms with Crippen LogP contribution in [0.2, 0.25) is 0 Å². The summed E-state index contributed by atoms with van der Waals surface area (Å²) in [5.41, 5.74) is 2.15. The Balaban J connectivity index is 1.30. The molecule has 5 rings (SSSR count). The number of carbonyl (C=O) groups is 2. The molecular weight excluding hydrogens is 521 g/mol. The first-order valence-electron chi connectivity index (χ1n) is 13.5. The van der Waals surface area contributed by atoms with Gasteiger partial charge >= 0.3 is 6.18 Å². The van der Waals surface area contributed by atoms with Crippen LogP contribution in [0.5, 0.6) is 11.5 Å². The van der Waals surface area contributed by atoms with Gasteiger partial charge in [0.25, 0.3) is 5.91 Å². The SMILES string of the molecule is CC[NH+]1CC[NH+](Cc2ccc(C(=O)Nc3ccc(C)c(Oc4ccc5c(c4)CC(=O)N5)c3)cc2C(F)(F)F)CC1. The van der Waals surface area contributed by atoms with E-state index in [9.17, 15) is 22.8 Å². The zero-order valence-corrected chi connectivity index (χ0v) is 22.5. The summed E-state index contributed by atoms with van der Waals surface area (Å²) >= 11 is 0. The summed E-state index contributed by atoms with van der Waals surface area (Å²) in [6.45, 7) is 8.79. The molecule has 4 N–H and O–H groups in total. The molecule has 0 radical (unpaired) electrons. The molecule has 0 spiro atoms. The highest BCUT2D eigenvalue weighted by Crippen LogP contribution is 2.34. The third-order valence-electron chi connectivity index (χ3n) is 7.66. The molecule has 0 unspecified atom stereocenters. The largest absolute Gasteiger partial charge is 0.457 e. The molecule has 0 saturated carbocycles. The van der Waals surface area contributed by atoms with E-state index < -0.39 is 17.6 Å². The highest BCUT2D eigenvalue weighted by atomic mass is 19.4. The summed E-state index contributed by atoms with van der Waals surface area (Å²) < 4.78 is 48.1. The second-order valence-corrected chi connectivity index (χ2v) is 10.5. The molecule has 2 aliphatic rings. The number of quaternary nitrogens is 2. The van der Waals surface area contributed by atoms with Crippen LogP contribution in [0, 0.1) is 6.92 Å². The van der Waals surface area contributed by atoms with Crippen molar-refractivity contribution in [1.29, 1.82) is 0 Å². The number of alkyl halides is 3. The Labute approximate surface area is 230 Å². The second-order valence-electron chi connectivity index (χ2n) is 10.5. The molecule has 3 aromatic rings. The molecule has 1 saturated heterocycles. The van der Waals surface area contributed by atoms with Crippen LogP contribution in [-0.2, 0) is 23.9 Å². The fraction of sp³-hybridized carbons (Fsp3) is 0.333. The molecule has 3 aromatic carbocycles. The fourth-order valence-corrected chi connectivity index (χ4v) is 5.28. The number of likely N-dealkylation sites (N-methyl/N-ethyl adjacent to an activating group) is 1. The van der Waals surface area contributed by atoms with Crippen molar-refractivity contribution in [1.82, 2.24) is 0 Å². The predicted octanol–water partition coefficient (Wildman–Crippen LogP) is 2.86. The third kappa shape index (κ3) is 6.29. The molecule has 0 atom stereocenters. The Hall–Kier alpha value is -3.89. The molecule has 10 heteroatoms. The van der Waals surface area contributed by atoms with Gasteiger partial charge in [0.15, 0.2) is 0 Å². The van der Waals surface area contributed by atoms with Crippen LogP contribution in [0.25, 0.3) is 0 Å². The van der Waals surface area contributed by atoms with Crippen molar-refractivity contribution in [3.05, 3.63) is 82.4 Å². The molecule has 7 nitrogen and oxygen atoms in total. The number of amides is 2. The van der Waals surface area contributed by atoms with Gasteiger partial charge in [0, 0.05) is 28.6 Å². The van der Waals surface area contributed by atoms with Gasteiger partial charge in [0.2, 0.25) is 5.91 Å². The average Bonchev–Trinajstić information content (AvgIpc) is 3.30. The standard InChI is InChI=1S/C30H31F3N4O3/c1-3-36-10-12-37(13-11-36)18-21-6-5-20(15-25(21)30(31,32)33)29(39)34-23-7-4-19(2)27(17-23)40-24-8-9-26-22(14-24)16-28(38)35-26/h4-9,14-15,17H,3,10-13,16,18H2,1-2H3,(H,34,39)(H,35,38)/p+2. The number of nitrogens with one attached hydrogen (secondary N) is 4. The number of ether oxygens (including phenoxy) is 1. The first-order valence-corrected chi connectivity index (χ1v) is 13.5. The van der Waals surface area contributed by atoms with Crippen molar-refractivity contribution in [2.24, 2.45) is 0 Å². The van der Waals surface area contributed by atoms with Crippen molar-refractivity contribution in [3.8, 4) is 11.5 Å². The van der Waals surface area contributed by atoms with Crippen molar-refractivity contribution in [3.63, 3.8) is 0 Å². The van der Waals surface area contributed by atoms with Gasteiger partial charge in [0.05, 0.1) is 18.5 Å². The van der Waals surface area contributed by atoms with Gasteiger partial charge in [-0.15, -0.1) is 0 Å². The van der Waals surface area contributed by atoms with Crippen molar-refractivity contribution in [2.45, 2.75) is 33.0 Å². The molecule has 0 aromatic heterocycles. The lowest BCUT2D eigenvalue weighted by Gasteiger charge is -2.29. The van der Waals surface area contributed by atoms with Gasteiger partial charge in [-0.1, -0.05) is 12.1 Å². The van der Waals surface area contributed by atoms with E-state index in [1.54, 1.807) is 36.4 Å². The number of benzene rings is 3. The van der Waals surface area contributed by atoms with E-state index in [1.807, 2.05) is 6.92 Å². The number of aryl methyl sites for hydroxylation is 1. The first kappa shape index (κ1) is 27.7. The molecule has 0 bridgehead atoms. The van der Waals surface area contributed by atoms with Crippen LogP contribution < -0.4 is 25.2 Å². The lowest BCUT2D eigenvalue weighted by atomic mass is 10.0. The minimum absolute atomic E-state index is 0.0647. The highest BCUT2D eigenvalue weighted by Gasteiger charge is 2.35. The third-order valence-corrected chi connectivity index (χ3v) is 7.66. The summed E-state index contributed by atoms with van der Waals surface area (Å²) in [7, 11) is 0. The van der Waals surface area contributed by atoms with E-state index in [0.717, 1.165) is 60.5 Å². The molecule has 2 heterocycles. The zero-order chi connectivity index (χ0) is 28.4. The molecule has 1 fully saturated rings. The van der Waals surface area contributed by atoms with Crippen molar-refractivity contribution in [2.75, 3.05) is 43.4 Å². The van der Waals surface area contributed by atoms with Crippen LogP contribution in [0.4, 0.5) is 24.5 Å². The summed E-state index contributed by atoms with van der Waals surface area (Å²) in [5.74, 6) is 0.300. The number of hydrogen-bond donors (Lipinski definition) is 4. The smallest absolute Gasteiger partial charge is 0.416 e. The number of piperazine rings is 1. The summed E-state index contributed by atoms with van der Waals surface area (Å²) in [4.78, 5) is 27.2. The van der Waals surface area contributed by atoms with E-state index in [0.29, 0.717) is 17.2 Å². The Bertz CT molecular complexity index is 1430. The lowest BCUT2D eigenvalue weighted by Crippen LogP contribution is -3.27. The number of halogens is 3. The first-order chi connectivity index (χ1) is 19.1. The van der Waals surface area contributed by atoms with Gasteiger partial charge in [-0.05, 0) is 61.4 Å². The maximum Gasteiger partial charge on any atom is 0.416 e. The van der Waals surface area contributed by atoms with E-state index in [2.05, 4.69) is 17.6 Å². The lowest BCUT2D eigenvalue weighted by molar-refractivity contribution is -1.02. The Morgan fingerprint density at radius 3 is 2.48 bits per heavy atom. The van der Waals surface area contributed by atoms with E-state index >= 15 is 0 Å². The summed E-state index contributed by atoms with van der Waals surface area (Å²) in [6.07, 6.45) is -4.29. The topological polar surface area (TPSA) is 76.3 Å². The minimum atomic E-state index is -4.57. The van der Waals surface area contributed by atoms with Crippen molar-refractivity contribution >= 4 is 23.2 Å². The van der Waals surface area contributed by atoms with Crippen LogP contribution in [-0.4, -0.2) is 44.5 Å². The Kier molecular flexibility index (Phi) is 7.82. The molecule has 210 valence electrons. The Morgan fingerprint density at radius 2 is 1.75 bits per heavy atom. The van der Waals surface area contributed by atoms with Gasteiger partial charge < -0.3 is 25.2 Å². The molecule has 40 heavy (non-hydrogen) atoms. The number of carbonyl (C=O) groups excluding carboxylic acids is 2. The molecule has 2 aliphatic heterocycles. The molecular formula is C30H33F3N4O3+2. The number of anilines is 2. The van der Waals surface area contributed by atoms with Gasteiger partial charge in [-0.3, -0.25) is 9.59 Å². The van der Waals surface area contributed by atoms with Crippen LogP contribution >= 0.6 is 0 Å². The normalized spacial score (nSPS) is 18.7. The Morgan fingerprint density at radius 1 is 1.00 bits per heavy atom. The molecule has 0 aliphatic carbocycles. The van der Waals surface area contributed by atoms with E-state index in [1.165, 1.54) is 17.0 Å². The van der Waals surface area contributed by atoms with Crippen LogP contribution in [0.1, 0.15) is 39.5 Å². The second kappa shape index (κ2) is 11.3. The number of fused-ring (bicyclic) bond motifs is 1. The van der Waals surface area contributed by atoms with Crippen LogP contribution in [0.3, 0.4) is 0 Å². The number of hydrogen-bond acceptors (Lipinski definition) is 3. The van der Waals surface area contributed by atoms with Gasteiger partial charge in [-0.2, -0.15) is 13.2 Å². The van der Waals surface area contributed by atoms with Crippen LogP contribution in [0.15, 0.2) is 54.6 Å². The quantitative estimate of drug-likeness (QED) is 0.363. The average molecular weight is 555 g/mol. The number of rotatable bonds is 7. The summed E-state index contributed by atoms with van der Waals surface area (Å²) in [6, 6.07) is 14.2. The van der Waals surface area contributed by atoms with Gasteiger partial charge in [0.1, 0.15) is 44.2 Å².